The Hall–Kier alpha value is -15.7. The van der Waals surface area contributed by atoms with Crippen molar-refractivity contribution in [2.45, 2.75) is 34.6 Å². The van der Waals surface area contributed by atoms with E-state index >= 15 is 0 Å². The second kappa shape index (κ2) is 61.8. The predicted octanol–water partition coefficient (Wildman–Crippen LogP) is 32.8. The first kappa shape index (κ1) is 115. The summed E-state index contributed by atoms with van der Waals surface area (Å²) in [7, 11) is 0. The Balaban J connectivity index is 0.000000158. The number of fused-ring (bicyclic) bond motifs is 5. The summed E-state index contributed by atoms with van der Waals surface area (Å²) in [6.07, 6.45) is 14.7. The second-order valence-electron chi connectivity index (χ2n) is 33.1. The van der Waals surface area contributed by atoms with E-state index < -0.39 is 0 Å². The fraction of sp³-hybridized carbons (Fsp3) is 0.0370. The van der Waals surface area contributed by atoms with Crippen molar-refractivity contribution in [2.24, 2.45) is 0 Å². The van der Waals surface area contributed by atoms with Crippen molar-refractivity contribution in [3.63, 3.8) is 0 Å². The number of para-hydroxylation sites is 2. The summed E-state index contributed by atoms with van der Waals surface area (Å²) >= 11 is 0. The van der Waals surface area contributed by atoms with Crippen LogP contribution in [0.3, 0.4) is 0 Å². The molecule has 5 radical (unpaired) electrons. The maximum atomic E-state index is 4.71. The standard InChI is InChI=1S/3C16H12N.2C15H10N.2C12H10N.3C11H8N.5Ir/c1-12-6-5-9-13-10-11-17-16(15(12)13)14-7-3-2-4-8-14;1-12-6-5-9-14-10-11-15(17-16(12)14)13-7-3-2-4-8-13;1-12-11-17-16(13-7-3-2-4-8-13)15-10-6-5-9-14(12)15;1-2-7-13(8-3-1)15-14-9-5-4-6-12(14)10-11-16-15;1-2-6-12(7-3-1)15-11-10-13-8-4-5-9-14(13)16-15;2*1-10-7-8-12(13-9-10)11-5-3-2-4-6-11;3*1-2-6-10(7-3-1)11-8-4-5-9-12-11;;;;;/h3*2-7,9-11H,1H3;1-7,9-11H;1-6,8-11H;2*2-5,7-9H,1H3;3*1-6,8-9H;;;;;/q10*-1;;;;;. The average molecular weight is 2820 g/mol. The fourth-order valence-electron chi connectivity index (χ4n) is 15.5. The molecule has 0 amide bonds. The van der Waals surface area contributed by atoms with E-state index in [-0.39, 0.29) is 101 Å². The van der Waals surface area contributed by atoms with Gasteiger partial charge >= 0.3 is 0 Å². The van der Waals surface area contributed by atoms with E-state index in [9.17, 15) is 0 Å². The van der Waals surface area contributed by atoms with Crippen molar-refractivity contribution < 1.29 is 101 Å². The van der Waals surface area contributed by atoms with E-state index in [2.05, 4.69) is 235 Å². The van der Waals surface area contributed by atoms with Crippen LogP contribution in [-0.2, 0) is 101 Å². The molecule has 10 nitrogen and oxygen atoms in total. The zero-order chi connectivity index (χ0) is 99.5. The molecule has 0 aliphatic rings. The van der Waals surface area contributed by atoms with Gasteiger partial charge in [-0.05, 0) is 193 Å². The quantitative estimate of drug-likeness (QED) is 0.122. The molecule has 10 heterocycles. The number of hydrogen-bond donors (Lipinski definition) is 0. The van der Waals surface area contributed by atoms with Gasteiger partial charge in [0.15, 0.2) is 0 Å². The fourth-order valence-corrected chi connectivity index (χ4v) is 15.5. The van der Waals surface area contributed by atoms with Crippen molar-refractivity contribution in [3.8, 4) is 113 Å². The van der Waals surface area contributed by atoms with E-state index in [0.717, 1.165) is 124 Å². The van der Waals surface area contributed by atoms with Gasteiger partial charge in [0, 0.05) is 150 Å². The molecule has 0 spiro atoms. The topological polar surface area (TPSA) is 129 Å². The van der Waals surface area contributed by atoms with Gasteiger partial charge in [0.2, 0.25) is 0 Å². The molecule has 0 bridgehead atoms. The molecule has 15 aromatic carbocycles. The van der Waals surface area contributed by atoms with E-state index in [1.165, 1.54) is 70.9 Å². The van der Waals surface area contributed by atoms with Gasteiger partial charge < -0.3 is 39.9 Å². The predicted molar refractivity (Wildman–Crippen MR) is 596 cm³/mol. The molecule has 0 fully saturated rings. The van der Waals surface area contributed by atoms with Crippen LogP contribution in [0.25, 0.3) is 167 Å². The van der Waals surface area contributed by atoms with Crippen LogP contribution in [0.5, 0.6) is 0 Å². The van der Waals surface area contributed by atoms with Crippen LogP contribution in [0.1, 0.15) is 27.8 Å². The van der Waals surface area contributed by atoms with Gasteiger partial charge in [-0.1, -0.05) is 194 Å². The minimum atomic E-state index is 0. The SMILES string of the molecule is Cc1ccc(-c2[c-]cccc2)nc1.Cc1ccc(-c2[c-]cccc2)nc1.Cc1cccc2ccc(-c3[c-]cccc3)nc12.Cc1cccc2ccnc(-c3[c-]cccc3)c12.Cc1cnc(-c2[c-]cccc2)c2ccccc12.[Ir].[Ir].[Ir].[Ir].[Ir].[c-]1ccccc1-c1ccc2ccccc2n1.[c-]1ccccc1-c1ccccn1.[c-]1ccccc1-c1ccccn1.[c-]1ccccc1-c1ccccn1.[c-]1ccccc1-c1nccc2ccccc12. The van der Waals surface area contributed by atoms with E-state index in [4.69, 9.17) is 4.98 Å². The van der Waals surface area contributed by atoms with Gasteiger partial charge in [-0.2, -0.15) is 0 Å². The average Bonchev–Trinajstić information content (AvgIpc) is 0.808. The number of pyridine rings is 10. The molecule has 0 saturated heterocycles. The minimum absolute atomic E-state index is 0. The normalized spacial score (nSPS) is 9.90. The molecule has 0 aliphatic heterocycles. The van der Waals surface area contributed by atoms with Gasteiger partial charge in [0.1, 0.15) is 0 Å². The molecule has 15 heteroatoms. The molecule has 150 heavy (non-hydrogen) atoms. The molecule has 0 atom stereocenters. The van der Waals surface area contributed by atoms with Crippen molar-refractivity contribution in [1.29, 1.82) is 0 Å². The summed E-state index contributed by atoms with van der Waals surface area (Å²) in [6.45, 7) is 10.4. The number of benzene rings is 15. The first-order valence-corrected chi connectivity index (χ1v) is 47.6. The molecule has 25 rings (SSSR count). The summed E-state index contributed by atoms with van der Waals surface area (Å²) in [6, 6.07) is 186. The van der Waals surface area contributed by atoms with Crippen LogP contribution in [0, 0.1) is 95.3 Å². The van der Waals surface area contributed by atoms with Crippen LogP contribution in [0.2, 0.25) is 0 Å². The summed E-state index contributed by atoms with van der Waals surface area (Å²) < 4.78 is 0. The number of aryl methyl sites for hydroxylation is 5. The van der Waals surface area contributed by atoms with Crippen molar-refractivity contribution in [3.05, 3.63) is 605 Å². The number of rotatable bonds is 10. The van der Waals surface area contributed by atoms with Crippen molar-refractivity contribution in [1.82, 2.24) is 49.8 Å². The molecular weight excluding hydrogens is 2720 g/mol. The Morgan fingerprint density at radius 3 is 0.873 bits per heavy atom. The molecule has 25 aromatic rings. The van der Waals surface area contributed by atoms with E-state index in [1.54, 1.807) is 18.6 Å². The number of aromatic nitrogens is 10. The molecule has 0 N–H and O–H groups in total. The van der Waals surface area contributed by atoms with Crippen LogP contribution >= 0.6 is 0 Å². The van der Waals surface area contributed by atoms with Crippen LogP contribution < -0.4 is 0 Å². The first-order valence-electron chi connectivity index (χ1n) is 47.6. The van der Waals surface area contributed by atoms with Gasteiger partial charge in [-0.25, -0.2) is 0 Å². The summed E-state index contributed by atoms with van der Waals surface area (Å²) in [5.74, 6) is 0. The third-order valence-corrected chi connectivity index (χ3v) is 22.8. The molecule has 0 unspecified atom stereocenters. The van der Waals surface area contributed by atoms with Gasteiger partial charge in [0.25, 0.3) is 0 Å². The Kier molecular flexibility index (Phi) is 47.3. The maximum absolute atomic E-state index is 4.71. The largest absolute Gasteiger partial charge is 0.305 e. The number of nitrogens with zero attached hydrogens (tertiary/aromatic N) is 10. The third-order valence-electron chi connectivity index (χ3n) is 22.8. The van der Waals surface area contributed by atoms with Crippen LogP contribution in [0.15, 0.2) is 517 Å². The monoisotopic (exact) mass is 2830 g/mol. The molecule has 10 aromatic heterocycles. The summed E-state index contributed by atoms with van der Waals surface area (Å²) in [4.78, 5) is 44.1. The Labute approximate surface area is 947 Å². The first-order chi connectivity index (χ1) is 71.6. The van der Waals surface area contributed by atoms with Gasteiger partial charge in [-0.15, -0.1) is 359 Å². The molecular formula is C135H100Ir5N10-10. The Bertz CT molecular complexity index is 7830. The van der Waals surface area contributed by atoms with Crippen molar-refractivity contribution in [2.75, 3.05) is 0 Å². The Morgan fingerprint density at radius 2 is 0.473 bits per heavy atom. The van der Waals surface area contributed by atoms with Gasteiger partial charge in [0.05, 0.1) is 11.0 Å². The van der Waals surface area contributed by atoms with E-state index in [0.29, 0.717) is 0 Å². The van der Waals surface area contributed by atoms with Gasteiger partial charge in [-0.3, -0.25) is 9.97 Å². The van der Waals surface area contributed by atoms with Crippen LogP contribution in [-0.4, -0.2) is 49.8 Å². The smallest absolute Gasteiger partial charge is 0.0624 e. The Morgan fingerprint density at radius 1 is 0.167 bits per heavy atom. The minimum Gasteiger partial charge on any atom is -0.305 e. The molecule has 0 aliphatic carbocycles. The third kappa shape index (κ3) is 33.7. The van der Waals surface area contributed by atoms with E-state index in [1.807, 2.05) is 403 Å². The summed E-state index contributed by atoms with van der Waals surface area (Å²) in [5.41, 5.74) is 28.4. The zero-order valence-electron chi connectivity index (χ0n) is 82.7. The second-order valence-corrected chi connectivity index (χ2v) is 33.1. The van der Waals surface area contributed by atoms with Crippen LogP contribution in [0.4, 0.5) is 0 Å². The van der Waals surface area contributed by atoms with Crippen molar-refractivity contribution >= 4 is 54.1 Å². The zero-order valence-corrected chi connectivity index (χ0v) is 94.7. The molecule has 0 saturated carbocycles. The molecule has 745 valence electrons. The maximum Gasteiger partial charge on any atom is 0.0624 e. The number of hydrogen-bond acceptors (Lipinski definition) is 10. The summed E-state index contributed by atoms with van der Waals surface area (Å²) in [5, 5.41) is 9.64.